The zero-order chi connectivity index (χ0) is 21.8. The molecule has 4 aromatic rings. The number of rotatable bonds is 6. The highest BCUT2D eigenvalue weighted by atomic mass is 32.2. The molecule has 2 aromatic carbocycles. The lowest BCUT2D eigenvalue weighted by Crippen LogP contribution is -2.20. The van der Waals surface area contributed by atoms with Gasteiger partial charge >= 0.3 is 0 Å². The molecule has 4 rings (SSSR count). The maximum absolute atomic E-state index is 12.5. The van der Waals surface area contributed by atoms with E-state index in [0.717, 1.165) is 21.8 Å². The van der Waals surface area contributed by atoms with Crippen molar-refractivity contribution in [3.63, 3.8) is 0 Å². The maximum atomic E-state index is 12.5. The quantitative estimate of drug-likeness (QED) is 0.434. The molecule has 0 fully saturated rings. The van der Waals surface area contributed by atoms with Crippen LogP contribution in [-0.2, 0) is 5.75 Å². The maximum Gasteiger partial charge on any atom is 0.274 e. The molecule has 0 spiro atoms. The predicted octanol–water partition coefficient (Wildman–Crippen LogP) is 4.98. The van der Waals surface area contributed by atoms with E-state index in [9.17, 15) is 9.59 Å². The SMILES string of the molecule is CSCc1nc(C(=O)Nc2ccc(-c3csc(-c4ccccc4C)n3)cc2)cc(=O)[nH]1. The van der Waals surface area contributed by atoms with Crippen molar-refractivity contribution in [3.8, 4) is 21.8 Å². The Morgan fingerprint density at radius 1 is 1.13 bits per heavy atom. The predicted molar refractivity (Wildman–Crippen MR) is 128 cm³/mol. The molecule has 0 unspecified atom stereocenters. The number of amides is 1. The Hall–Kier alpha value is -3.23. The van der Waals surface area contributed by atoms with Crippen molar-refractivity contribution in [1.82, 2.24) is 15.0 Å². The van der Waals surface area contributed by atoms with Crippen LogP contribution in [-0.4, -0.2) is 27.1 Å². The fraction of sp³-hybridized carbons (Fsp3) is 0.130. The van der Waals surface area contributed by atoms with Gasteiger partial charge in [-0.15, -0.1) is 11.3 Å². The molecule has 0 aliphatic carbocycles. The summed E-state index contributed by atoms with van der Waals surface area (Å²) in [5, 5.41) is 5.80. The highest BCUT2D eigenvalue weighted by molar-refractivity contribution is 7.97. The van der Waals surface area contributed by atoms with Crippen LogP contribution in [0.4, 0.5) is 5.69 Å². The number of aromatic amines is 1. The van der Waals surface area contributed by atoms with E-state index in [0.29, 0.717) is 17.3 Å². The third-order valence-corrected chi connectivity index (χ3v) is 6.06. The largest absolute Gasteiger partial charge is 0.321 e. The lowest BCUT2D eigenvalue weighted by atomic mass is 10.1. The molecule has 0 radical (unpaired) electrons. The summed E-state index contributed by atoms with van der Waals surface area (Å²) >= 11 is 3.13. The monoisotopic (exact) mass is 448 g/mol. The molecule has 2 aromatic heterocycles. The summed E-state index contributed by atoms with van der Waals surface area (Å²) in [5.41, 5.74) is 4.55. The van der Waals surface area contributed by atoms with Crippen LogP contribution in [0.5, 0.6) is 0 Å². The number of H-pyrrole nitrogens is 1. The van der Waals surface area contributed by atoms with Gasteiger partial charge in [0.15, 0.2) is 0 Å². The fourth-order valence-corrected chi connectivity index (χ4v) is 4.42. The van der Waals surface area contributed by atoms with E-state index in [1.54, 1.807) is 11.3 Å². The standard InChI is InChI=1S/C23H20N4O2S2/c1-14-5-3-4-6-17(14)23-26-19(12-31-23)15-7-9-16(10-8-15)24-22(29)18-11-21(28)27-20(25-18)13-30-2/h3-12H,13H2,1-2H3,(H,24,29)(H,25,27,28). The van der Waals surface area contributed by atoms with Crippen LogP contribution in [0.25, 0.3) is 21.8 Å². The van der Waals surface area contributed by atoms with E-state index in [4.69, 9.17) is 4.98 Å². The van der Waals surface area contributed by atoms with Crippen LogP contribution in [0.1, 0.15) is 21.9 Å². The van der Waals surface area contributed by atoms with Crippen molar-refractivity contribution in [2.24, 2.45) is 0 Å². The van der Waals surface area contributed by atoms with Gasteiger partial charge in [-0.05, 0) is 30.9 Å². The molecule has 0 saturated carbocycles. The van der Waals surface area contributed by atoms with Crippen LogP contribution in [0.15, 0.2) is 64.8 Å². The number of nitrogens with one attached hydrogen (secondary N) is 2. The Morgan fingerprint density at radius 3 is 2.65 bits per heavy atom. The zero-order valence-electron chi connectivity index (χ0n) is 17.0. The number of anilines is 1. The van der Waals surface area contributed by atoms with Crippen LogP contribution in [0.3, 0.4) is 0 Å². The molecule has 0 bridgehead atoms. The molecule has 0 aliphatic heterocycles. The Labute approximate surface area is 187 Å². The van der Waals surface area contributed by atoms with Gasteiger partial charge in [0.2, 0.25) is 0 Å². The van der Waals surface area contributed by atoms with Gasteiger partial charge in [0, 0.05) is 28.3 Å². The van der Waals surface area contributed by atoms with E-state index in [1.165, 1.54) is 23.4 Å². The zero-order valence-corrected chi connectivity index (χ0v) is 18.6. The molecule has 6 nitrogen and oxygen atoms in total. The third kappa shape index (κ3) is 4.92. The van der Waals surface area contributed by atoms with Gasteiger partial charge in [-0.3, -0.25) is 9.59 Å². The van der Waals surface area contributed by atoms with E-state index in [-0.39, 0.29) is 11.3 Å². The number of aromatic nitrogens is 3. The molecule has 8 heteroatoms. The van der Waals surface area contributed by atoms with Gasteiger partial charge in [0.25, 0.3) is 11.5 Å². The van der Waals surface area contributed by atoms with Crippen molar-refractivity contribution >= 4 is 34.7 Å². The smallest absolute Gasteiger partial charge is 0.274 e. The minimum atomic E-state index is -0.420. The molecule has 0 aliphatic rings. The minimum Gasteiger partial charge on any atom is -0.321 e. The second-order valence-corrected chi connectivity index (χ2v) is 8.62. The summed E-state index contributed by atoms with van der Waals surface area (Å²) in [6.45, 7) is 2.08. The van der Waals surface area contributed by atoms with E-state index < -0.39 is 5.91 Å². The highest BCUT2D eigenvalue weighted by Gasteiger charge is 2.12. The first-order chi connectivity index (χ1) is 15.0. The number of hydrogen-bond acceptors (Lipinski definition) is 6. The van der Waals surface area contributed by atoms with Crippen molar-refractivity contribution < 1.29 is 4.79 Å². The van der Waals surface area contributed by atoms with Crippen molar-refractivity contribution in [2.45, 2.75) is 12.7 Å². The fourth-order valence-electron chi connectivity index (χ4n) is 3.09. The molecule has 2 N–H and O–H groups in total. The van der Waals surface area contributed by atoms with E-state index in [2.05, 4.69) is 34.3 Å². The molecule has 2 heterocycles. The summed E-state index contributed by atoms with van der Waals surface area (Å²) in [5.74, 6) is 0.591. The Kier molecular flexibility index (Phi) is 6.29. The van der Waals surface area contributed by atoms with Crippen LogP contribution in [0.2, 0.25) is 0 Å². The van der Waals surface area contributed by atoms with Gasteiger partial charge in [-0.25, -0.2) is 9.97 Å². The normalized spacial score (nSPS) is 10.8. The number of carbonyl (C=O) groups is 1. The van der Waals surface area contributed by atoms with Crippen LogP contribution >= 0.6 is 23.1 Å². The lowest BCUT2D eigenvalue weighted by molar-refractivity contribution is 0.102. The molecular weight excluding hydrogens is 428 g/mol. The first-order valence-corrected chi connectivity index (χ1v) is 11.8. The molecular formula is C23H20N4O2S2. The molecule has 31 heavy (non-hydrogen) atoms. The molecule has 0 saturated heterocycles. The highest BCUT2D eigenvalue weighted by Crippen LogP contribution is 2.31. The summed E-state index contributed by atoms with van der Waals surface area (Å²) < 4.78 is 0. The van der Waals surface area contributed by atoms with Gasteiger partial charge in [-0.1, -0.05) is 36.4 Å². The first-order valence-electron chi connectivity index (χ1n) is 9.56. The van der Waals surface area contributed by atoms with Crippen molar-refractivity contribution in [3.05, 3.63) is 87.4 Å². The summed E-state index contributed by atoms with van der Waals surface area (Å²) in [7, 11) is 0. The van der Waals surface area contributed by atoms with Crippen LogP contribution < -0.4 is 10.9 Å². The number of thiazole rings is 1. The number of aryl methyl sites for hydroxylation is 1. The number of nitrogens with zero attached hydrogens (tertiary/aromatic N) is 2. The third-order valence-electron chi connectivity index (χ3n) is 4.62. The summed E-state index contributed by atoms with van der Waals surface area (Å²) in [4.78, 5) is 35.9. The number of carbonyl (C=O) groups excluding carboxylic acids is 1. The summed E-state index contributed by atoms with van der Waals surface area (Å²) in [6.07, 6.45) is 1.90. The molecule has 0 atom stereocenters. The molecule has 156 valence electrons. The lowest BCUT2D eigenvalue weighted by Gasteiger charge is -2.06. The van der Waals surface area contributed by atoms with E-state index >= 15 is 0 Å². The average Bonchev–Trinajstić information content (AvgIpc) is 3.24. The summed E-state index contributed by atoms with van der Waals surface area (Å²) in [6, 6.07) is 16.8. The topological polar surface area (TPSA) is 87.7 Å². The van der Waals surface area contributed by atoms with Crippen molar-refractivity contribution in [2.75, 3.05) is 11.6 Å². The number of thioether (sulfide) groups is 1. The first kappa shape index (κ1) is 21.0. The van der Waals surface area contributed by atoms with Gasteiger partial charge in [0.1, 0.15) is 16.5 Å². The number of hydrogen-bond donors (Lipinski definition) is 2. The Morgan fingerprint density at radius 2 is 1.90 bits per heavy atom. The number of benzene rings is 2. The minimum absolute atomic E-state index is 0.0965. The van der Waals surface area contributed by atoms with E-state index in [1.807, 2.05) is 48.0 Å². The molecule has 1 amide bonds. The van der Waals surface area contributed by atoms with Gasteiger partial charge in [0.05, 0.1) is 11.4 Å². The van der Waals surface area contributed by atoms with Gasteiger partial charge in [-0.2, -0.15) is 11.8 Å². The van der Waals surface area contributed by atoms with Gasteiger partial charge < -0.3 is 10.3 Å². The second kappa shape index (κ2) is 9.28. The second-order valence-electron chi connectivity index (χ2n) is 6.89. The average molecular weight is 449 g/mol. The Bertz CT molecular complexity index is 1280. The van der Waals surface area contributed by atoms with Crippen LogP contribution in [0, 0.1) is 6.92 Å². The van der Waals surface area contributed by atoms with Crippen molar-refractivity contribution in [1.29, 1.82) is 0 Å². The Balaban J connectivity index is 1.50.